The molecule has 0 radical (unpaired) electrons. The van der Waals surface area contributed by atoms with Crippen LogP contribution in [0.15, 0.2) is 24.3 Å². The standard InChI is InChI=1S/C18H21ClN4OS/c1-2-14-20-18-23(21-14)17(24)16(25-18)15(22-10-4-3-5-11-22)12-6-8-13(19)9-7-12/h6-9,15,24H,2-5,10-11H2,1H3. The van der Waals surface area contributed by atoms with Crippen molar-refractivity contribution in [1.82, 2.24) is 19.5 Å². The van der Waals surface area contributed by atoms with Crippen LogP contribution in [0.25, 0.3) is 4.96 Å². The predicted molar refractivity (Wildman–Crippen MR) is 101 cm³/mol. The molecule has 2 aromatic heterocycles. The van der Waals surface area contributed by atoms with Gasteiger partial charge < -0.3 is 5.11 Å². The van der Waals surface area contributed by atoms with Gasteiger partial charge in [-0.2, -0.15) is 4.52 Å². The number of aromatic nitrogens is 3. The lowest BCUT2D eigenvalue weighted by Crippen LogP contribution is -2.34. The van der Waals surface area contributed by atoms with Crippen LogP contribution in [0.2, 0.25) is 5.02 Å². The maximum Gasteiger partial charge on any atom is 0.230 e. The first kappa shape index (κ1) is 16.8. The Labute approximate surface area is 155 Å². The quantitative estimate of drug-likeness (QED) is 0.738. The summed E-state index contributed by atoms with van der Waals surface area (Å²) in [6, 6.07) is 7.94. The minimum absolute atomic E-state index is 0.0103. The molecule has 4 rings (SSSR count). The Balaban J connectivity index is 1.80. The summed E-state index contributed by atoms with van der Waals surface area (Å²) in [5, 5.41) is 16.0. The van der Waals surface area contributed by atoms with Crippen LogP contribution in [0, 0.1) is 0 Å². The second kappa shape index (κ2) is 6.94. The average Bonchev–Trinajstić information content (AvgIpc) is 3.18. The van der Waals surface area contributed by atoms with Gasteiger partial charge in [-0.25, -0.2) is 4.98 Å². The third-order valence-corrected chi connectivity index (χ3v) is 6.07. The average molecular weight is 377 g/mol. The highest BCUT2D eigenvalue weighted by Gasteiger charge is 2.30. The van der Waals surface area contributed by atoms with Gasteiger partial charge >= 0.3 is 0 Å². The largest absolute Gasteiger partial charge is 0.492 e. The number of nitrogens with zero attached hydrogens (tertiary/aromatic N) is 4. The minimum atomic E-state index is 0.0103. The van der Waals surface area contributed by atoms with Crippen LogP contribution in [0.1, 0.15) is 48.5 Å². The predicted octanol–water partition coefficient (Wildman–Crippen LogP) is 4.29. The summed E-state index contributed by atoms with van der Waals surface area (Å²) in [6.45, 7) is 4.07. The maximum absolute atomic E-state index is 10.8. The molecule has 1 aliphatic rings. The lowest BCUT2D eigenvalue weighted by Gasteiger charge is -2.34. The summed E-state index contributed by atoms with van der Waals surface area (Å²) in [7, 11) is 0. The van der Waals surface area contributed by atoms with Crippen molar-refractivity contribution in [2.24, 2.45) is 0 Å². The third kappa shape index (κ3) is 3.14. The summed E-state index contributed by atoms with van der Waals surface area (Å²) < 4.78 is 1.58. The van der Waals surface area contributed by atoms with E-state index in [4.69, 9.17) is 11.6 Å². The number of thiazole rings is 1. The van der Waals surface area contributed by atoms with E-state index >= 15 is 0 Å². The number of benzene rings is 1. The zero-order valence-corrected chi connectivity index (χ0v) is 15.7. The summed E-state index contributed by atoms with van der Waals surface area (Å²) in [4.78, 5) is 8.62. The number of hydrogen-bond acceptors (Lipinski definition) is 5. The lowest BCUT2D eigenvalue weighted by molar-refractivity contribution is 0.186. The van der Waals surface area contributed by atoms with Crippen LogP contribution in [0.4, 0.5) is 0 Å². The number of fused-ring (bicyclic) bond motifs is 1. The first-order valence-electron chi connectivity index (χ1n) is 8.74. The first-order chi connectivity index (χ1) is 12.2. The third-order valence-electron chi connectivity index (χ3n) is 4.75. The molecule has 5 nitrogen and oxygen atoms in total. The van der Waals surface area contributed by atoms with Crippen LogP contribution in [0.5, 0.6) is 5.88 Å². The van der Waals surface area contributed by atoms with E-state index in [1.807, 2.05) is 19.1 Å². The van der Waals surface area contributed by atoms with Crippen LogP contribution in [-0.4, -0.2) is 37.7 Å². The number of aryl methyl sites for hydroxylation is 1. The lowest BCUT2D eigenvalue weighted by atomic mass is 10.0. The highest BCUT2D eigenvalue weighted by Crippen LogP contribution is 2.41. The van der Waals surface area contributed by atoms with E-state index in [2.05, 4.69) is 27.1 Å². The van der Waals surface area contributed by atoms with E-state index < -0.39 is 0 Å². The van der Waals surface area contributed by atoms with Crippen molar-refractivity contribution in [1.29, 1.82) is 0 Å². The number of hydrogen-bond donors (Lipinski definition) is 1. The van der Waals surface area contributed by atoms with E-state index in [-0.39, 0.29) is 11.9 Å². The number of rotatable bonds is 4. The van der Waals surface area contributed by atoms with Gasteiger partial charge in [0.1, 0.15) is 0 Å². The molecule has 0 amide bonds. The molecule has 1 N–H and O–H groups in total. The molecule has 1 saturated heterocycles. The van der Waals surface area contributed by atoms with Gasteiger partial charge in [-0.05, 0) is 43.6 Å². The number of likely N-dealkylation sites (tertiary alicyclic amines) is 1. The van der Waals surface area contributed by atoms with Crippen LogP contribution >= 0.6 is 22.9 Å². The second-order valence-electron chi connectivity index (χ2n) is 6.42. The summed E-state index contributed by atoms with van der Waals surface area (Å²) >= 11 is 7.60. The van der Waals surface area contributed by atoms with E-state index in [1.54, 1.807) is 4.52 Å². The molecule has 3 aromatic rings. The Hall–Kier alpha value is -1.63. The molecular weight excluding hydrogens is 356 g/mol. The molecule has 0 aliphatic carbocycles. The molecule has 0 bridgehead atoms. The van der Waals surface area contributed by atoms with Gasteiger partial charge in [0.25, 0.3) is 0 Å². The zero-order valence-electron chi connectivity index (χ0n) is 14.2. The van der Waals surface area contributed by atoms with Gasteiger partial charge in [-0.15, -0.1) is 5.10 Å². The van der Waals surface area contributed by atoms with Crippen molar-refractivity contribution >= 4 is 27.9 Å². The fourth-order valence-electron chi connectivity index (χ4n) is 3.47. The van der Waals surface area contributed by atoms with Crippen molar-refractivity contribution in [3.05, 3.63) is 45.6 Å². The monoisotopic (exact) mass is 376 g/mol. The number of aromatic hydroxyl groups is 1. The highest BCUT2D eigenvalue weighted by molar-refractivity contribution is 7.17. The molecule has 1 atom stereocenters. The zero-order chi connectivity index (χ0) is 17.4. The molecule has 0 saturated carbocycles. The minimum Gasteiger partial charge on any atom is -0.492 e. The maximum atomic E-state index is 10.8. The van der Waals surface area contributed by atoms with E-state index in [0.29, 0.717) is 0 Å². The molecule has 1 aromatic carbocycles. The Morgan fingerprint density at radius 1 is 1.20 bits per heavy atom. The van der Waals surface area contributed by atoms with Crippen LogP contribution in [0.3, 0.4) is 0 Å². The number of piperidine rings is 1. The molecule has 7 heteroatoms. The molecule has 3 heterocycles. The number of halogens is 1. The van der Waals surface area contributed by atoms with Gasteiger partial charge in [0, 0.05) is 11.4 Å². The molecule has 1 aliphatic heterocycles. The summed E-state index contributed by atoms with van der Waals surface area (Å²) in [6.07, 6.45) is 4.40. The summed E-state index contributed by atoms with van der Waals surface area (Å²) in [5.74, 6) is 0.965. The van der Waals surface area contributed by atoms with E-state index in [0.717, 1.165) is 45.8 Å². The molecule has 1 fully saturated rings. The Bertz CT molecular complexity index is 867. The van der Waals surface area contributed by atoms with Gasteiger partial charge in [0.2, 0.25) is 10.8 Å². The Morgan fingerprint density at radius 3 is 2.56 bits per heavy atom. The molecule has 25 heavy (non-hydrogen) atoms. The Kier molecular flexibility index (Phi) is 4.67. The Morgan fingerprint density at radius 2 is 1.92 bits per heavy atom. The topological polar surface area (TPSA) is 53.7 Å². The van der Waals surface area contributed by atoms with Crippen LogP contribution < -0.4 is 0 Å². The SMILES string of the molecule is CCc1nc2sc(C(c3ccc(Cl)cc3)N3CCCCC3)c(O)n2n1. The highest BCUT2D eigenvalue weighted by atomic mass is 35.5. The van der Waals surface area contributed by atoms with Crippen molar-refractivity contribution < 1.29 is 5.11 Å². The van der Waals surface area contributed by atoms with Crippen LogP contribution in [-0.2, 0) is 6.42 Å². The van der Waals surface area contributed by atoms with Crippen molar-refractivity contribution in [2.45, 2.75) is 38.6 Å². The fraction of sp³-hybridized carbons (Fsp3) is 0.444. The molecule has 0 spiro atoms. The van der Waals surface area contributed by atoms with Gasteiger partial charge in [-0.1, -0.05) is 48.4 Å². The van der Waals surface area contributed by atoms with E-state index in [1.165, 1.54) is 30.6 Å². The van der Waals surface area contributed by atoms with E-state index in [9.17, 15) is 5.11 Å². The van der Waals surface area contributed by atoms with Crippen molar-refractivity contribution in [2.75, 3.05) is 13.1 Å². The normalized spacial score (nSPS) is 17.2. The van der Waals surface area contributed by atoms with Gasteiger partial charge in [-0.3, -0.25) is 4.90 Å². The van der Waals surface area contributed by atoms with Crippen molar-refractivity contribution in [3.63, 3.8) is 0 Å². The fourth-order valence-corrected chi connectivity index (χ4v) is 4.73. The first-order valence-corrected chi connectivity index (χ1v) is 9.93. The molecular formula is C18H21ClN4OS. The molecule has 1 unspecified atom stereocenters. The summed E-state index contributed by atoms with van der Waals surface area (Å²) in [5.41, 5.74) is 1.14. The smallest absolute Gasteiger partial charge is 0.230 e. The second-order valence-corrected chi connectivity index (χ2v) is 7.86. The van der Waals surface area contributed by atoms with Gasteiger partial charge in [0.15, 0.2) is 5.82 Å². The molecule has 132 valence electrons. The van der Waals surface area contributed by atoms with Crippen molar-refractivity contribution in [3.8, 4) is 5.88 Å². The van der Waals surface area contributed by atoms with Gasteiger partial charge in [0.05, 0.1) is 10.9 Å².